The number of hydrogen-bond donors (Lipinski definition) is 1. The fourth-order valence-electron chi connectivity index (χ4n) is 3.99. The zero-order valence-electron chi connectivity index (χ0n) is 13.5. The molecule has 120 valence electrons. The number of nitrogens with zero attached hydrogens (tertiary/aromatic N) is 2. The Balaban J connectivity index is 1.46. The number of hydrogen-bond acceptors (Lipinski definition) is 2. The minimum Gasteiger partial charge on any atom is -0.333 e. The van der Waals surface area contributed by atoms with Crippen LogP contribution in [-0.2, 0) is 0 Å². The molecule has 4 nitrogen and oxygen atoms in total. The van der Waals surface area contributed by atoms with Gasteiger partial charge in [-0.15, -0.1) is 0 Å². The Morgan fingerprint density at radius 1 is 1.22 bits per heavy atom. The monoisotopic (exact) mass is 309 g/mol. The van der Waals surface area contributed by atoms with Gasteiger partial charge in [-0.05, 0) is 49.4 Å². The van der Waals surface area contributed by atoms with E-state index >= 15 is 0 Å². The quantitative estimate of drug-likeness (QED) is 0.925. The summed E-state index contributed by atoms with van der Waals surface area (Å²) in [4.78, 5) is 15.0. The Morgan fingerprint density at radius 3 is 2.91 bits per heavy atom. The largest absolute Gasteiger partial charge is 0.333 e. The van der Waals surface area contributed by atoms with Gasteiger partial charge in [-0.3, -0.25) is 4.57 Å². The number of carbonyl (C=O) groups is 1. The van der Waals surface area contributed by atoms with Crippen molar-refractivity contribution in [3.8, 4) is 11.1 Å². The molecule has 2 bridgehead atoms. The van der Waals surface area contributed by atoms with E-state index in [1.54, 1.807) is 4.57 Å². The van der Waals surface area contributed by atoms with Crippen molar-refractivity contribution in [2.24, 2.45) is 5.92 Å². The molecule has 0 aliphatic carbocycles. The van der Waals surface area contributed by atoms with Crippen LogP contribution < -0.4 is 5.32 Å². The summed E-state index contributed by atoms with van der Waals surface area (Å²) < 4.78 is 1.67. The Kier molecular flexibility index (Phi) is 3.69. The lowest BCUT2D eigenvalue weighted by Gasteiger charge is -2.30. The fourth-order valence-corrected chi connectivity index (χ4v) is 3.99. The van der Waals surface area contributed by atoms with E-state index in [-0.39, 0.29) is 12.1 Å². The molecule has 0 radical (unpaired) electrons. The van der Waals surface area contributed by atoms with E-state index in [0.29, 0.717) is 0 Å². The fraction of sp³-hybridized carbons (Fsp3) is 0.421. The first-order valence-corrected chi connectivity index (χ1v) is 8.46. The van der Waals surface area contributed by atoms with Gasteiger partial charge in [0.15, 0.2) is 0 Å². The molecule has 3 unspecified atom stereocenters. The molecule has 2 fully saturated rings. The first-order chi connectivity index (χ1) is 11.2. The molecule has 1 aromatic heterocycles. The van der Waals surface area contributed by atoms with E-state index in [9.17, 15) is 4.79 Å². The highest BCUT2D eigenvalue weighted by atomic mass is 16.2. The van der Waals surface area contributed by atoms with Crippen molar-refractivity contribution in [1.82, 2.24) is 14.8 Å². The summed E-state index contributed by atoms with van der Waals surface area (Å²) in [5.41, 5.74) is 3.49. The van der Waals surface area contributed by atoms with Gasteiger partial charge in [-0.1, -0.05) is 24.3 Å². The van der Waals surface area contributed by atoms with Crippen LogP contribution in [0.15, 0.2) is 42.7 Å². The maximum Gasteiger partial charge on any atom is 0.325 e. The number of amides is 1. The zero-order valence-corrected chi connectivity index (χ0v) is 13.5. The summed E-state index contributed by atoms with van der Waals surface area (Å²) >= 11 is 0. The molecule has 1 N–H and O–H groups in total. The van der Waals surface area contributed by atoms with Crippen molar-refractivity contribution >= 4 is 6.03 Å². The van der Waals surface area contributed by atoms with Gasteiger partial charge in [0.05, 0.1) is 0 Å². The van der Waals surface area contributed by atoms with Gasteiger partial charge in [-0.25, -0.2) is 4.79 Å². The molecule has 2 aliphatic heterocycles. The summed E-state index contributed by atoms with van der Waals surface area (Å²) in [6, 6.07) is 10.5. The predicted molar refractivity (Wildman–Crippen MR) is 91.5 cm³/mol. The lowest BCUT2D eigenvalue weighted by molar-refractivity contribution is 0.206. The van der Waals surface area contributed by atoms with Gasteiger partial charge in [0.25, 0.3) is 0 Å². The molecule has 4 heteroatoms. The van der Waals surface area contributed by atoms with Crippen molar-refractivity contribution < 1.29 is 4.79 Å². The second-order valence-corrected chi connectivity index (χ2v) is 6.92. The predicted octanol–water partition coefficient (Wildman–Crippen LogP) is 3.12. The summed E-state index contributed by atoms with van der Waals surface area (Å²) in [5.74, 6) is 0.765. The summed E-state index contributed by atoms with van der Waals surface area (Å²) in [6.45, 7) is 5.50. The second-order valence-electron chi connectivity index (χ2n) is 6.92. The van der Waals surface area contributed by atoms with E-state index in [1.165, 1.54) is 30.6 Å². The van der Waals surface area contributed by atoms with Crippen LogP contribution in [0.1, 0.15) is 18.4 Å². The summed E-state index contributed by atoms with van der Waals surface area (Å²) in [5, 5.41) is 3.20. The number of aromatic nitrogens is 1. The van der Waals surface area contributed by atoms with Gasteiger partial charge in [0, 0.05) is 37.1 Å². The molecule has 4 rings (SSSR count). The van der Waals surface area contributed by atoms with E-state index in [2.05, 4.69) is 29.3 Å². The first-order valence-electron chi connectivity index (χ1n) is 8.46. The smallest absolute Gasteiger partial charge is 0.325 e. The SMILES string of the molecule is Cc1ccccc1-c1ccn(C(=O)NC2CC3CCN(C3)C2)c1. The standard InChI is InChI=1S/C19H23N3O/c1-14-4-2-3-5-18(14)16-7-9-22(12-16)19(23)20-17-10-15-6-8-21(11-15)13-17/h2-5,7,9,12,15,17H,6,8,10-11,13H2,1H3,(H,20,23). The molecule has 2 saturated heterocycles. The van der Waals surface area contributed by atoms with Gasteiger partial charge in [0.1, 0.15) is 0 Å². The third-order valence-electron chi connectivity index (χ3n) is 5.18. The van der Waals surface area contributed by atoms with Crippen LogP contribution in [-0.4, -0.2) is 41.2 Å². The third kappa shape index (κ3) is 2.91. The molecule has 1 amide bonds. The summed E-state index contributed by atoms with van der Waals surface area (Å²) in [7, 11) is 0. The molecule has 1 aromatic carbocycles. The minimum absolute atomic E-state index is 0.0164. The molecule has 2 aliphatic rings. The van der Waals surface area contributed by atoms with Gasteiger partial charge >= 0.3 is 6.03 Å². The van der Waals surface area contributed by atoms with Crippen molar-refractivity contribution in [3.05, 3.63) is 48.3 Å². The lowest BCUT2D eigenvalue weighted by atomic mass is 9.97. The summed E-state index contributed by atoms with van der Waals surface area (Å²) in [6.07, 6.45) is 6.19. The van der Waals surface area contributed by atoms with Crippen LogP contribution in [0, 0.1) is 12.8 Å². The van der Waals surface area contributed by atoms with Crippen LogP contribution in [0.4, 0.5) is 4.79 Å². The van der Waals surface area contributed by atoms with Crippen molar-refractivity contribution in [3.63, 3.8) is 0 Å². The lowest BCUT2D eigenvalue weighted by Crippen LogP contribution is -2.47. The van der Waals surface area contributed by atoms with Gasteiger partial charge < -0.3 is 10.2 Å². The Hall–Kier alpha value is -2.07. The first kappa shape index (κ1) is 14.5. The van der Waals surface area contributed by atoms with Crippen molar-refractivity contribution in [2.75, 3.05) is 19.6 Å². The van der Waals surface area contributed by atoms with E-state index < -0.39 is 0 Å². The number of rotatable bonds is 2. The minimum atomic E-state index is -0.0164. The van der Waals surface area contributed by atoms with E-state index in [0.717, 1.165) is 24.4 Å². The Bertz CT molecular complexity index is 709. The van der Waals surface area contributed by atoms with Crippen LogP contribution in [0.3, 0.4) is 0 Å². The zero-order chi connectivity index (χ0) is 15.8. The third-order valence-corrected chi connectivity index (χ3v) is 5.18. The van der Waals surface area contributed by atoms with E-state index in [1.807, 2.05) is 30.6 Å². The van der Waals surface area contributed by atoms with Crippen molar-refractivity contribution in [2.45, 2.75) is 25.8 Å². The second kappa shape index (κ2) is 5.85. The number of nitrogens with one attached hydrogen (secondary N) is 1. The maximum absolute atomic E-state index is 12.5. The number of benzene rings is 1. The molecular formula is C19H23N3O. The number of piperidine rings is 1. The molecule has 0 spiro atoms. The van der Waals surface area contributed by atoms with Crippen LogP contribution in [0.5, 0.6) is 0 Å². The van der Waals surface area contributed by atoms with Gasteiger partial charge in [-0.2, -0.15) is 0 Å². The highest BCUT2D eigenvalue weighted by molar-refractivity contribution is 5.79. The van der Waals surface area contributed by atoms with Gasteiger partial charge in [0.2, 0.25) is 0 Å². The van der Waals surface area contributed by atoms with E-state index in [4.69, 9.17) is 0 Å². The normalized spacial score (nSPS) is 26.2. The molecule has 3 heterocycles. The van der Waals surface area contributed by atoms with Crippen LogP contribution in [0.25, 0.3) is 11.1 Å². The molecule has 2 aromatic rings. The van der Waals surface area contributed by atoms with Crippen LogP contribution >= 0.6 is 0 Å². The Morgan fingerprint density at radius 2 is 2.09 bits per heavy atom. The topological polar surface area (TPSA) is 37.3 Å². The molecule has 23 heavy (non-hydrogen) atoms. The Labute approximate surface area is 137 Å². The number of carbonyl (C=O) groups excluding carboxylic acids is 1. The number of aryl methyl sites for hydroxylation is 1. The highest BCUT2D eigenvalue weighted by Gasteiger charge is 2.33. The molecule has 0 saturated carbocycles. The maximum atomic E-state index is 12.5. The van der Waals surface area contributed by atoms with Crippen LogP contribution in [0.2, 0.25) is 0 Å². The highest BCUT2D eigenvalue weighted by Crippen LogP contribution is 2.27. The van der Waals surface area contributed by atoms with Crippen molar-refractivity contribution in [1.29, 1.82) is 0 Å². The molecule has 3 atom stereocenters. The number of fused-ring (bicyclic) bond motifs is 2. The average molecular weight is 309 g/mol. The average Bonchev–Trinajstić information content (AvgIpc) is 3.15. The molecular weight excluding hydrogens is 286 g/mol.